The summed E-state index contributed by atoms with van der Waals surface area (Å²) in [6, 6.07) is 19.0. The SMILES string of the molecule is N#C/C(=N\Nc1cc(-c2ccccc2)[nH]n1)c1ccccn1. The lowest BCUT2D eigenvalue weighted by molar-refractivity contribution is 1.08. The van der Waals surface area contributed by atoms with Crippen LogP contribution in [0.4, 0.5) is 5.82 Å². The molecule has 3 rings (SSSR count). The maximum atomic E-state index is 9.15. The molecule has 0 saturated heterocycles. The van der Waals surface area contributed by atoms with Gasteiger partial charge in [0.15, 0.2) is 11.5 Å². The number of H-pyrrole nitrogens is 1. The third kappa shape index (κ3) is 2.99. The molecule has 0 radical (unpaired) electrons. The fourth-order valence-corrected chi connectivity index (χ4v) is 1.90. The van der Waals surface area contributed by atoms with Crippen LogP contribution in [0.1, 0.15) is 5.69 Å². The average molecular weight is 288 g/mol. The van der Waals surface area contributed by atoms with Crippen LogP contribution in [0.25, 0.3) is 11.3 Å². The van der Waals surface area contributed by atoms with E-state index in [1.807, 2.05) is 42.5 Å². The first-order valence-corrected chi connectivity index (χ1v) is 6.63. The quantitative estimate of drug-likeness (QED) is 0.570. The minimum absolute atomic E-state index is 0.199. The van der Waals surface area contributed by atoms with E-state index in [4.69, 9.17) is 5.26 Å². The lowest BCUT2D eigenvalue weighted by Gasteiger charge is -1.97. The van der Waals surface area contributed by atoms with Crippen molar-refractivity contribution in [3.8, 4) is 17.3 Å². The highest BCUT2D eigenvalue weighted by Gasteiger charge is 2.05. The van der Waals surface area contributed by atoms with Gasteiger partial charge >= 0.3 is 0 Å². The molecule has 2 aromatic heterocycles. The Morgan fingerprint density at radius 2 is 1.95 bits per heavy atom. The van der Waals surface area contributed by atoms with E-state index >= 15 is 0 Å². The molecule has 0 atom stereocenters. The molecule has 0 bridgehead atoms. The first-order valence-electron chi connectivity index (χ1n) is 6.63. The Morgan fingerprint density at radius 3 is 2.68 bits per heavy atom. The summed E-state index contributed by atoms with van der Waals surface area (Å²) in [6.45, 7) is 0. The van der Waals surface area contributed by atoms with Gasteiger partial charge in [-0.1, -0.05) is 36.4 Å². The minimum atomic E-state index is 0.199. The van der Waals surface area contributed by atoms with Gasteiger partial charge in [-0.05, 0) is 17.7 Å². The van der Waals surface area contributed by atoms with E-state index in [0.717, 1.165) is 11.3 Å². The molecule has 2 N–H and O–H groups in total. The van der Waals surface area contributed by atoms with Crippen LogP contribution in [-0.2, 0) is 0 Å². The Bertz CT molecular complexity index is 815. The topological polar surface area (TPSA) is 89.8 Å². The molecular weight excluding hydrogens is 276 g/mol. The van der Waals surface area contributed by atoms with Gasteiger partial charge in [-0.2, -0.15) is 15.5 Å². The van der Waals surface area contributed by atoms with Crippen LogP contribution in [0.2, 0.25) is 0 Å². The second kappa shape index (κ2) is 6.33. The Kier molecular flexibility index (Phi) is 3.89. The van der Waals surface area contributed by atoms with Crippen LogP contribution in [0.3, 0.4) is 0 Å². The van der Waals surface area contributed by atoms with Crippen molar-refractivity contribution >= 4 is 11.5 Å². The highest BCUT2D eigenvalue weighted by atomic mass is 15.4. The van der Waals surface area contributed by atoms with Crippen molar-refractivity contribution in [2.24, 2.45) is 5.10 Å². The molecule has 0 aliphatic rings. The summed E-state index contributed by atoms with van der Waals surface area (Å²) >= 11 is 0. The molecule has 3 aromatic rings. The van der Waals surface area contributed by atoms with E-state index in [1.165, 1.54) is 0 Å². The first-order chi connectivity index (χ1) is 10.9. The zero-order valence-corrected chi connectivity index (χ0v) is 11.6. The summed E-state index contributed by atoms with van der Waals surface area (Å²) in [6.07, 6.45) is 1.62. The monoisotopic (exact) mass is 288 g/mol. The molecule has 0 aliphatic heterocycles. The van der Waals surface area contributed by atoms with Gasteiger partial charge in [-0.3, -0.25) is 15.5 Å². The van der Waals surface area contributed by atoms with Crippen LogP contribution in [0.5, 0.6) is 0 Å². The lowest BCUT2D eigenvalue weighted by atomic mass is 10.2. The standard InChI is InChI=1S/C16H12N6/c17-11-15(13-8-4-5-9-18-13)20-22-16-10-14(19-21-16)12-6-2-1-3-7-12/h1-10H,(H2,19,21,22)/b20-15+. The molecule has 0 amide bonds. The predicted molar refractivity (Wildman–Crippen MR) is 84.0 cm³/mol. The number of nitriles is 1. The first kappa shape index (κ1) is 13.5. The van der Waals surface area contributed by atoms with Crippen molar-refractivity contribution in [1.29, 1.82) is 5.26 Å². The van der Waals surface area contributed by atoms with Gasteiger partial charge in [0.05, 0.1) is 5.69 Å². The zero-order chi connectivity index (χ0) is 15.2. The van der Waals surface area contributed by atoms with Crippen LogP contribution in [0, 0.1) is 11.3 Å². The van der Waals surface area contributed by atoms with E-state index in [1.54, 1.807) is 24.4 Å². The number of rotatable bonds is 4. The van der Waals surface area contributed by atoms with E-state index < -0.39 is 0 Å². The van der Waals surface area contributed by atoms with Crippen LogP contribution in [0.15, 0.2) is 65.9 Å². The van der Waals surface area contributed by atoms with Gasteiger partial charge in [-0.15, -0.1) is 0 Å². The maximum Gasteiger partial charge on any atom is 0.186 e. The fourth-order valence-electron chi connectivity index (χ4n) is 1.90. The Morgan fingerprint density at radius 1 is 1.14 bits per heavy atom. The molecule has 0 fully saturated rings. The van der Waals surface area contributed by atoms with Gasteiger partial charge in [0.1, 0.15) is 11.8 Å². The third-order valence-corrected chi connectivity index (χ3v) is 2.96. The van der Waals surface area contributed by atoms with Gasteiger partial charge in [0, 0.05) is 12.3 Å². The van der Waals surface area contributed by atoms with Crippen molar-refractivity contribution in [3.05, 3.63) is 66.5 Å². The van der Waals surface area contributed by atoms with Crippen LogP contribution in [-0.4, -0.2) is 20.9 Å². The molecular formula is C16H12N6. The molecule has 0 spiro atoms. The van der Waals surface area contributed by atoms with Gasteiger partial charge in [0.25, 0.3) is 0 Å². The number of nitrogens with one attached hydrogen (secondary N) is 2. The molecule has 106 valence electrons. The van der Waals surface area contributed by atoms with Gasteiger partial charge < -0.3 is 0 Å². The molecule has 0 unspecified atom stereocenters. The summed E-state index contributed by atoms with van der Waals surface area (Å²) < 4.78 is 0. The number of hydrogen-bond donors (Lipinski definition) is 2. The fraction of sp³-hybridized carbons (Fsp3) is 0. The van der Waals surface area contributed by atoms with E-state index in [9.17, 15) is 0 Å². The van der Waals surface area contributed by atoms with E-state index in [-0.39, 0.29) is 5.71 Å². The molecule has 0 saturated carbocycles. The average Bonchev–Trinajstić information content (AvgIpc) is 3.06. The Labute approximate surface area is 127 Å². The Hall–Kier alpha value is -3.46. The number of aromatic nitrogens is 3. The second-order valence-electron chi connectivity index (χ2n) is 4.43. The number of aromatic amines is 1. The molecule has 22 heavy (non-hydrogen) atoms. The second-order valence-corrected chi connectivity index (χ2v) is 4.43. The van der Waals surface area contributed by atoms with E-state index in [2.05, 4.69) is 25.7 Å². The largest absolute Gasteiger partial charge is 0.276 e. The smallest absolute Gasteiger partial charge is 0.186 e. The van der Waals surface area contributed by atoms with Crippen LogP contribution < -0.4 is 5.43 Å². The number of nitrogens with zero attached hydrogens (tertiary/aromatic N) is 4. The molecule has 6 heteroatoms. The number of pyridine rings is 1. The molecule has 0 aliphatic carbocycles. The zero-order valence-electron chi connectivity index (χ0n) is 11.6. The highest BCUT2D eigenvalue weighted by Crippen LogP contribution is 2.19. The maximum absolute atomic E-state index is 9.15. The van der Waals surface area contributed by atoms with Crippen molar-refractivity contribution in [2.45, 2.75) is 0 Å². The number of hydrazone groups is 1. The molecule has 6 nitrogen and oxygen atoms in total. The van der Waals surface area contributed by atoms with Gasteiger partial charge in [0.2, 0.25) is 0 Å². The number of hydrogen-bond acceptors (Lipinski definition) is 5. The summed E-state index contributed by atoms with van der Waals surface area (Å²) in [7, 11) is 0. The van der Waals surface area contributed by atoms with Crippen molar-refractivity contribution in [1.82, 2.24) is 15.2 Å². The summed E-state index contributed by atoms with van der Waals surface area (Å²) in [4.78, 5) is 4.09. The lowest BCUT2D eigenvalue weighted by Crippen LogP contribution is -2.03. The van der Waals surface area contributed by atoms with Crippen molar-refractivity contribution < 1.29 is 0 Å². The van der Waals surface area contributed by atoms with Gasteiger partial charge in [-0.25, -0.2) is 0 Å². The van der Waals surface area contributed by atoms with Crippen LogP contribution >= 0.6 is 0 Å². The number of anilines is 1. The van der Waals surface area contributed by atoms with E-state index in [0.29, 0.717) is 11.5 Å². The summed E-state index contributed by atoms with van der Waals surface area (Å²) in [5.41, 5.74) is 5.37. The third-order valence-electron chi connectivity index (χ3n) is 2.96. The summed E-state index contributed by atoms with van der Waals surface area (Å²) in [5.74, 6) is 0.530. The Balaban J connectivity index is 1.78. The molecule has 2 heterocycles. The highest BCUT2D eigenvalue weighted by molar-refractivity contribution is 6.10. The van der Waals surface area contributed by atoms with Crippen molar-refractivity contribution in [2.75, 3.05) is 5.43 Å². The van der Waals surface area contributed by atoms with Crippen molar-refractivity contribution in [3.63, 3.8) is 0 Å². The minimum Gasteiger partial charge on any atom is -0.276 e. The predicted octanol–water partition coefficient (Wildman–Crippen LogP) is 2.81. The normalized spacial score (nSPS) is 11.0. The number of benzene rings is 1. The summed E-state index contributed by atoms with van der Waals surface area (Å²) in [5, 5.41) is 20.2. The molecule has 1 aromatic carbocycles.